The molecule has 3 aromatic rings. The predicted octanol–water partition coefficient (Wildman–Crippen LogP) is 4.65. The molecule has 0 aliphatic rings. The Hall–Kier alpha value is -2.68. The van der Waals surface area contributed by atoms with Crippen molar-refractivity contribution in [3.63, 3.8) is 0 Å². The van der Waals surface area contributed by atoms with Gasteiger partial charge in [-0.2, -0.15) is 0 Å². The van der Waals surface area contributed by atoms with Crippen molar-refractivity contribution in [1.82, 2.24) is 0 Å². The Morgan fingerprint density at radius 2 is 1.81 bits per heavy atom. The van der Waals surface area contributed by atoms with Crippen molar-refractivity contribution >= 4 is 16.7 Å². The summed E-state index contributed by atoms with van der Waals surface area (Å²) in [5, 5.41) is 11.3. The van der Waals surface area contributed by atoms with Gasteiger partial charge in [0.2, 0.25) is 0 Å². The fourth-order valence-electron chi connectivity index (χ4n) is 2.65. The van der Waals surface area contributed by atoms with Crippen LogP contribution in [0.3, 0.4) is 0 Å². The van der Waals surface area contributed by atoms with Crippen LogP contribution in [-0.4, -0.2) is 11.1 Å². The quantitative estimate of drug-likeness (QED) is 0.741. The molecule has 0 saturated carbocycles. The third-order valence-electron chi connectivity index (χ3n) is 3.62. The Balaban J connectivity index is 2.43. The van der Waals surface area contributed by atoms with Gasteiger partial charge in [0.15, 0.2) is 0 Å². The molecule has 0 aliphatic heterocycles. The minimum Gasteiger partial charge on any atom is -0.478 e. The molecule has 1 N–H and O–H groups in total. The van der Waals surface area contributed by atoms with Crippen molar-refractivity contribution in [2.45, 2.75) is 6.92 Å². The average Bonchev–Trinajstić information content (AvgIpc) is 2.46. The van der Waals surface area contributed by atoms with Crippen LogP contribution in [0.2, 0.25) is 0 Å². The van der Waals surface area contributed by atoms with E-state index in [4.69, 9.17) is 0 Å². The van der Waals surface area contributed by atoms with Crippen LogP contribution in [0.15, 0.2) is 54.6 Å². The van der Waals surface area contributed by atoms with Gasteiger partial charge in [-0.15, -0.1) is 0 Å². The zero-order chi connectivity index (χ0) is 15.0. The number of hydrogen-bond donors (Lipinski definition) is 1. The number of halogens is 1. The molecule has 0 heterocycles. The Morgan fingerprint density at radius 1 is 1.05 bits per heavy atom. The molecule has 0 radical (unpaired) electrons. The summed E-state index contributed by atoms with van der Waals surface area (Å²) in [4.78, 5) is 11.4. The van der Waals surface area contributed by atoms with Gasteiger partial charge in [-0.25, -0.2) is 9.18 Å². The summed E-state index contributed by atoms with van der Waals surface area (Å²) in [5.41, 5.74) is 2.21. The first-order valence-electron chi connectivity index (χ1n) is 6.59. The smallest absolute Gasteiger partial charge is 0.336 e. The Kier molecular flexibility index (Phi) is 3.18. The number of aromatic carboxylic acids is 1. The van der Waals surface area contributed by atoms with Crippen molar-refractivity contribution in [3.8, 4) is 11.1 Å². The summed E-state index contributed by atoms with van der Waals surface area (Å²) in [5.74, 6) is -1.50. The van der Waals surface area contributed by atoms with Gasteiger partial charge in [-0.3, -0.25) is 0 Å². The minimum atomic E-state index is -1.06. The van der Waals surface area contributed by atoms with E-state index in [1.807, 2.05) is 43.3 Å². The maximum absolute atomic E-state index is 13.6. The first-order chi connectivity index (χ1) is 10.1. The van der Waals surface area contributed by atoms with Gasteiger partial charge in [0.05, 0.1) is 5.56 Å². The Bertz CT molecular complexity index is 853. The lowest BCUT2D eigenvalue weighted by Crippen LogP contribution is -2.01. The fraction of sp³-hybridized carbons (Fsp3) is 0.0556. The standard InChI is InChI=1S/C18H13FO2/c1-11-6-7-12-4-2-3-5-14(12)17(11)16-10-13(19)8-9-15(16)18(20)21/h2-10H,1H3,(H,20,21). The van der Waals surface area contributed by atoms with Crippen molar-refractivity contribution in [1.29, 1.82) is 0 Å². The lowest BCUT2D eigenvalue weighted by atomic mass is 9.91. The number of benzene rings is 3. The highest BCUT2D eigenvalue weighted by molar-refractivity contribution is 6.04. The molecule has 0 atom stereocenters. The fourth-order valence-corrected chi connectivity index (χ4v) is 2.65. The van der Waals surface area contributed by atoms with E-state index in [-0.39, 0.29) is 5.56 Å². The Labute approximate surface area is 121 Å². The second-order valence-electron chi connectivity index (χ2n) is 4.97. The second kappa shape index (κ2) is 5.02. The van der Waals surface area contributed by atoms with Crippen LogP contribution < -0.4 is 0 Å². The van der Waals surface area contributed by atoms with Crippen LogP contribution in [0, 0.1) is 12.7 Å². The van der Waals surface area contributed by atoms with Gasteiger partial charge in [-0.05, 0) is 52.6 Å². The lowest BCUT2D eigenvalue weighted by molar-refractivity contribution is 0.0697. The number of carbonyl (C=O) groups is 1. The third kappa shape index (κ3) is 2.27. The van der Waals surface area contributed by atoms with Crippen LogP contribution >= 0.6 is 0 Å². The van der Waals surface area contributed by atoms with Gasteiger partial charge in [0.1, 0.15) is 5.82 Å². The summed E-state index contributed by atoms with van der Waals surface area (Å²) < 4.78 is 13.6. The number of fused-ring (bicyclic) bond motifs is 1. The molecule has 21 heavy (non-hydrogen) atoms. The third-order valence-corrected chi connectivity index (χ3v) is 3.62. The van der Waals surface area contributed by atoms with Gasteiger partial charge in [0.25, 0.3) is 0 Å². The van der Waals surface area contributed by atoms with E-state index < -0.39 is 11.8 Å². The molecule has 0 spiro atoms. The highest BCUT2D eigenvalue weighted by Crippen LogP contribution is 2.34. The molecular weight excluding hydrogens is 267 g/mol. The van der Waals surface area contributed by atoms with E-state index in [2.05, 4.69) is 0 Å². The van der Waals surface area contributed by atoms with Crippen molar-refractivity contribution in [2.75, 3.05) is 0 Å². The van der Waals surface area contributed by atoms with Crippen molar-refractivity contribution < 1.29 is 14.3 Å². The normalized spacial score (nSPS) is 10.8. The van der Waals surface area contributed by atoms with Gasteiger partial charge in [-0.1, -0.05) is 36.4 Å². The van der Waals surface area contributed by atoms with E-state index in [1.165, 1.54) is 18.2 Å². The van der Waals surface area contributed by atoms with Gasteiger partial charge >= 0.3 is 5.97 Å². The molecule has 104 valence electrons. The lowest BCUT2D eigenvalue weighted by Gasteiger charge is -2.13. The monoisotopic (exact) mass is 280 g/mol. The molecule has 3 rings (SSSR count). The van der Waals surface area contributed by atoms with E-state index >= 15 is 0 Å². The maximum atomic E-state index is 13.6. The first kappa shape index (κ1) is 13.3. The van der Waals surface area contributed by atoms with Crippen molar-refractivity contribution in [3.05, 3.63) is 71.5 Å². The van der Waals surface area contributed by atoms with E-state index in [9.17, 15) is 14.3 Å². The number of aryl methyl sites for hydroxylation is 1. The van der Waals surface area contributed by atoms with E-state index in [0.717, 1.165) is 21.9 Å². The zero-order valence-corrected chi connectivity index (χ0v) is 11.4. The highest BCUT2D eigenvalue weighted by Gasteiger charge is 2.16. The molecule has 0 bridgehead atoms. The largest absolute Gasteiger partial charge is 0.478 e. The van der Waals surface area contributed by atoms with Crippen LogP contribution in [0.25, 0.3) is 21.9 Å². The zero-order valence-electron chi connectivity index (χ0n) is 11.4. The summed E-state index contributed by atoms with van der Waals surface area (Å²) in [6.45, 7) is 1.90. The predicted molar refractivity (Wildman–Crippen MR) is 81.0 cm³/mol. The van der Waals surface area contributed by atoms with Crippen molar-refractivity contribution in [2.24, 2.45) is 0 Å². The summed E-state index contributed by atoms with van der Waals surface area (Å²) >= 11 is 0. The molecule has 3 heteroatoms. The van der Waals surface area contributed by atoms with Crippen LogP contribution in [0.1, 0.15) is 15.9 Å². The number of hydrogen-bond acceptors (Lipinski definition) is 1. The number of carboxylic acids is 1. The maximum Gasteiger partial charge on any atom is 0.336 e. The van der Waals surface area contributed by atoms with Crippen LogP contribution in [-0.2, 0) is 0 Å². The number of carboxylic acid groups (broad SMARTS) is 1. The molecule has 0 aliphatic carbocycles. The molecule has 2 nitrogen and oxygen atoms in total. The molecule has 0 fully saturated rings. The minimum absolute atomic E-state index is 0.107. The molecule has 0 saturated heterocycles. The second-order valence-corrected chi connectivity index (χ2v) is 4.97. The van der Waals surface area contributed by atoms with E-state index in [1.54, 1.807) is 0 Å². The molecule has 3 aromatic carbocycles. The van der Waals surface area contributed by atoms with Crippen LogP contribution in [0.5, 0.6) is 0 Å². The summed E-state index contributed by atoms with van der Waals surface area (Å²) in [6, 6.07) is 15.4. The van der Waals surface area contributed by atoms with Gasteiger partial charge in [0, 0.05) is 0 Å². The Morgan fingerprint density at radius 3 is 2.57 bits per heavy atom. The summed E-state index contributed by atoms with van der Waals surface area (Å²) in [6.07, 6.45) is 0. The number of rotatable bonds is 2. The topological polar surface area (TPSA) is 37.3 Å². The van der Waals surface area contributed by atoms with E-state index in [0.29, 0.717) is 5.56 Å². The summed E-state index contributed by atoms with van der Waals surface area (Å²) in [7, 11) is 0. The SMILES string of the molecule is Cc1ccc2ccccc2c1-c1cc(F)ccc1C(=O)O. The molecule has 0 aromatic heterocycles. The highest BCUT2D eigenvalue weighted by atomic mass is 19.1. The molecule has 0 amide bonds. The van der Waals surface area contributed by atoms with Crippen LogP contribution in [0.4, 0.5) is 4.39 Å². The molecule has 0 unspecified atom stereocenters. The first-order valence-corrected chi connectivity index (χ1v) is 6.59. The van der Waals surface area contributed by atoms with Gasteiger partial charge < -0.3 is 5.11 Å². The molecular formula is C18H13FO2. The average molecular weight is 280 g/mol.